The summed E-state index contributed by atoms with van der Waals surface area (Å²) in [5.74, 6) is -1.68. The van der Waals surface area contributed by atoms with E-state index >= 15 is 0 Å². The summed E-state index contributed by atoms with van der Waals surface area (Å²) in [5, 5.41) is 19.0. The average Bonchev–Trinajstić information content (AvgIpc) is 2.15. The van der Waals surface area contributed by atoms with E-state index in [2.05, 4.69) is 0 Å². The Balaban J connectivity index is 3.55. The summed E-state index contributed by atoms with van der Waals surface area (Å²) in [4.78, 5) is 19.2. The summed E-state index contributed by atoms with van der Waals surface area (Å²) in [7, 11) is -4.72. The van der Waals surface area contributed by atoms with E-state index in [9.17, 15) is 23.3 Å². The Hall–Kier alpha value is -2.00. The largest absolute Gasteiger partial charge is 0.478 e. The quantitative estimate of drug-likeness (QED) is 0.452. The molecule has 0 unspecified atom stereocenters. The summed E-state index contributed by atoms with van der Waals surface area (Å²) in [6, 6.07) is 2.01. The van der Waals surface area contributed by atoms with Gasteiger partial charge >= 0.3 is 5.97 Å². The van der Waals surface area contributed by atoms with Crippen LogP contribution >= 0.6 is 0 Å². The molecule has 1 aromatic rings. The first-order chi connectivity index (χ1) is 7.23. The zero-order valence-corrected chi connectivity index (χ0v) is 8.34. The van der Waals surface area contributed by atoms with Crippen LogP contribution < -0.4 is 0 Å². The Morgan fingerprint density at radius 3 is 2.31 bits per heavy atom. The maximum atomic E-state index is 10.8. The van der Waals surface area contributed by atoms with E-state index in [0.29, 0.717) is 12.1 Å². The van der Waals surface area contributed by atoms with Crippen molar-refractivity contribution < 1.29 is 27.8 Å². The third-order valence-electron chi connectivity index (χ3n) is 1.68. The molecular formula is C7H5NO7S. The molecule has 0 radical (unpaired) electrons. The van der Waals surface area contributed by atoms with E-state index in [1.165, 1.54) is 0 Å². The van der Waals surface area contributed by atoms with Crippen LogP contribution in [-0.2, 0) is 10.1 Å². The highest BCUT2D eigenvalue weighted by Crippen LogP contribution is 2.21. The number of carboxylic acids is 1. The van der Waals surface area contributed by atoms with Crippen molar-refractivity contribution in [2.45, 2.75) is 4.90 Å². The summed E-state index contributed by atoms with van der Waals surface area (Å²) in [5.41, 5.74) is -1.43. The first kappa shape index (κ1) is 12.1. The molecule has 16 heavy (non-hydrogen) atoms. The van der Waals surface area contributed by atoms with Gasteiger partial charge in [0.25, 0.3) is 15.8 Å². The number of nitro benzene ring substituents is 1. The monoisotopic (exact) mass is 247 g/mol. The highest BCUT2D eigenvalue weighted by atomic mass is 32.2. The number of benzene rings is 1. The van der Waals surface area contributed by atoms with Crippen molar-refractivity contribution in [1.82, 2.24) is 0 Å². The van der Waals surface area contributed by atoms with Crippen molar-refractivity contribution in [3.63, 3.8) is 0 Å². The zero-order valence-electron chi connectivity index (χ0n) is 7.52. The molecule has 0 saturated carbocycles. The van der Waals surface area contributed by atoms with Gasteiger partial charge in [0.2, 0.25) is 0 Å². The Morgan fingerprint density at radius 1 is 1.38 bits per heavy atom. The van der Waals surface area contributed by atoms with Crippen molar-refractivity contribution in [2.24, 2.45) is 0 Å². The van der Waals surface area contributed by atoms with Crippen LogP contribution in [-0.4, -0.2) is 29.0 Å². The molecule has 0 heterocycles. The Labute approximate surface area is 89.0 Å². The molecule has 86 valence electrons. The van der Waals surface area contributed by atoms with Gasteiger partial charge in [-0.2, -0.15) is 8.42 Å². The fourth-order valence-electron chi connectivity index (χ4n) is 1.02. The van der Waals surface area contributed by atoms with Gasteiger partial charge in [-0.15, -0.1) is 0 Å². The first-order valence-corrected chi connectivity index (χ1v) is 5.16. The minimum Gasteiger partial charge on any atom is -0.478 e. The van der Waals surface area contributed by atoms with Gasteiger partial charge in [-0.3, -0.25) is 14.7 Å². The third-order valence-corrected chi connectivity index (χ3v) is 2.59. The van der Waals surface area contributed by atoms with Crippen molar-refractivity contribution in [1.29, 1.82) is 0 Å². The average molecular weight is 247 g/mol. The predicted octanol–water partition coefficient (Wildman–Crippen LogP) is 0.540. The van der Waals surface area contributed by atoms with Crippen LogP contribution in [0.4, 0.5) is 5.69 Å². The lowest BCUT2D eigenvalue weighted by Crippen LogP contribution is -2.08. The van der Waals surface area contributed by atoms with Gasteiger partial charge in [0.15, 0.2) is 0 Å². The molecule has 1 rings (SSSR count). The van der Waals surface area contributed by atoms with Gasteiger partial charge in [0.1, 0.15) is 4.90 Å². The standard InChI is InChI=1S/C7H5NO7S/c9-7(10)5-3-4(8(11)12)1-2-6(5)16(13,14)15/h1-3H,(H,9,10)(H,13,14,15). The Bertz CT molecular complexity index is 562. The van der Waals surface area contributed by atoms with Crippen LogP contribution in [0.25, 0.3) is 0 Å². The molecule has 1 aromatic carbocycles. The van der Waals surface area contributed by atoms with E-state index in [1.54, 1.807) is 0 Å². The maximum absolute atomic E-state index is 10.8. The van der Waals surface area contributed by atoms with Crippen LogP contribution in [0.2, 0.25) is 0 Å². The van der Waals surface area contributed by atoms with Crippen molar-refractivity contribution in [2.75, 3.05) is 0 Å². The molecule has 8 nitrogen and oxygen atoms in total. The predicted molar refractivity (Wildman–Crippen MR) is 49.9 cm³/mol. The topological polar surface area (TPSA) is 135 Å². The SMILES string of the molecule is O=C(O)c1cc([N+](=O)[O-])ccc1S(=O)(=O)O. The number of hydrogen-bond acceptors (Lipinski definition) is 5. The second-order valence-corrected chi connectivity index (χ2v) is 4.11. The molecule has 0 fully saturated rings. The number of rotatable bonds is 3. The first-order valence-electron chi connectivity index (χ1n) is 3.72. The molecule has 2 N–H and O–H groups in total. The number of non-ortho nitro benzene ring substituents is 1. The molecule has 0 amide bonds. The van der Waals surface area contributed by atoms with Gasteiger partial charge in [0.05, 0.1) is 10.5 Å². The van der Waals surface area contributed by atoms with E-state index in [-0.39, 0.29) is 0 Å². The van der Waals surface area contributed by atoms with Crippen molar-refractivity contribution in [3.8, 4) is 0 Å². The van der Waals surface area contributed by atoms with Crippen LogP contribution in [0.5, 0.6) is 0 Å². The van der Waals surface area contributed by atoms with Crippen molar-refractivity contribution >= 4 is 21.8 Å². The molecule has 0 bridgehead atoms. The number of nitro groups is 1. The van der Waals surface area contributed by atoms with Gasteiger partial charge in [-0.05, 0) is 6.07 Å². The molecule has 9 heteroatoms. The van der Waals surface area contributed by atoms with Crippen molar-refractivity contribution in [3.05, 3.63) is 33.9 Å². The van der Waals surface area contributed by atoms with Crippen LogP contribution in [0.3, 0.4) is 0 Å². The molecule has 0 atom stereocenters. The van der Waals surface area contributed by atoms with Gasteiger partial charge in [0, 0.05) is 12.1 Å². The van der Waals surface area contributed by atoms with Crippen LogP contribution in [0, 0.1) is 10.1 Å². The number of aromatic carboxylic acids is 1. The summed E-state index contributed by atoms with van der Waals surface area (Å²) < 4.78 is 30.2. The molecule has 0 saturated heterocycles. The summed E-state index contributed by atoms with van der Waals surface area (Å²) in [6.45, 7) is 0. The molecular weight excluding hydrogens is 242 g/mol. The van der Waals surface area contributed by atoms with E-state index in [4.69, 9.17) is 9.66 Å². The van der Waals surface area contributed by atoms with E-state index in [1.807, 2.05) is 0 Å². The highest BCUT2D eigenvalue weighted by molar-refractivity contribution is 7.86. The Kier molecular flexibility index (Phi) is 2.92. The Morgan fingerprint density at radius 2 is 1.94 bits per heavy atom. The van der Waals surface area contributed by atoms with Crippen LogP contribution in [0.15, 0.2) is 23.1 Å². The number of hydrogen-bond donors (Lipinski definition) is 2. The fourth-order valence-corrected chi connectivity index (χ4v) is 1.69. The summed E-state index contributed by atoms with van der Waals surface area (Å²) >= 11 is 0. The smallest absolute Gasteiger partial charge is 0.337 e. The molecule has 0 aliphatic rings. The van der Waals surface area contributed by atoms with Gasteiger partial charge in [-0.25, -0.2) is 4.79 Å². The molecule has 0 spiro atoms. The number of carboxylic acid groups (broad SMARTS) is 1. The maximum Gasteiger partial charge on any atom is 0.337 e. The van der Waals surface area contributed by atoms with E-state index in [0.717, 1.165) is 6.07 Å². The molecule has 0 aliphatic heterocycles. The molecule has 0 aromatic heterocycles. The lowest BCUT2D eigenvalue weighted by molar-refractivity contribution is -0.384. The van der Waals surface area contributed by atoms with E-state index < -0.39 is 37.2 Å². The lowest BCUT2D eigenvalue weighted by atomic mass is 10.2. The third kappa shape index (κ3) is 2.32. The highest BCUT2D eigenvalue weighted by Gasteiger charge is 2.23. The minimum atomic E-state index is -4.72. The number of nitrogens with zero attached hydrogens (tertiary/aromatic N) is 1. The lowest BCUT2D eigenvalue weighted by Gasteiger charge is -2.01. The van der Waals surface area contributed by atoms with Gasteiger partial charge in [-0.1, -0.05) is 0 Å². The zero-order chi connectivity index (χ0) is 12.5. The minimum absolute atomic E-state index is 0.561. The van der Waals surface area contributed by atoms with Crippen LogP contribution in [0.1, 0.15) is 10.4 Å². The second kappa shape index (κ2) is 3.87. The second-order valence-electron chi connectivity index (χ2n) is 2.72. The van der Waals surface area contributed by atoms with Gasteiger partial charge < -0.3 is 5.11 Å². The normalized spacial score (nSPS) is 11.1. The number of carbonyl (C=O) groups is 1. The molecule has 0 aliphatic carbocycles. The summed E-state index contributed by atoms with van der Waals surface area (Å²) in [6.07, 6.45) is 0. The fraction of sp³-hybridized carbons (Fsp3) is 0.